The van der Waals surface area contributed by atoms with Crippen molar-refractivity contribution in [3.05, 3.63) is 70.3 Å². The molecular formula is C17H14F2O. The van der Waals surface area contributed by atoms with E-state index in [4.69, 9.17) is 0 Å². The van der Waals surface area contributed by atoms with E-state index in [-0.39, 0.29) is 5.56 Å². The number of rotatable bonds is 1. The average Bonchev–Trinajstić information content (AvgIpc) is 2.37. The number of hydrogen-bond donors (Lipinski definition) is 1. The Labute approximate surface area is 116 Å². The third-order valence-electron chi connectivity index (χ3n) is 3.61. The van der Waals surface area contributed by atoms with E-state index in [1.807, 2.05) is 25.1 Å². The first-order valence-electron chi connectivity index (χ1n) is 6.54. The Hall–Kier alpha value is -2.16. The highest BCUT2D eigenvalue weighted by atomic mass is 19.1. The van der Waals surface area contributed by atoms with Gasteiger partial charge in [-0.15, -0.1) is 0 Å². The fraction of sp³-hybridized carbons (Fsp3) is 0.176. The van der Waals surface area contributed by atoms with Crippen molar-refractivity contribution < 1.29 is 13.9 Å². The van der Waals surface area contributed by atoms with Crippen molar-refractivity contribution in [1.82, 2.24) is 0 Å². The van der Waals surface area contributed by atoms with Gasteiger partial charge in [0, 0.05) is 12.1 Å². The van der Waals surface area contributed by atoms with Gasteiger partial charge in [0.25, 0.3) is 0 Å². The van der Waals surface area contributed by atoms with Crippen molar-refractivity contribution >= 4 is 5.57 Å². The molecule has 0 amide bonds. The largest absolute Gasteiger partial charge is 0.508 e. The number of phenols is 1. The second kappa shape index (κ2) is 4.75. The van der Waals surface area contributed by atoms with E-state index in [1.54, 1.807) is 0 Å². The lowest BCUT2D eigenvalue weighted by Gasteiger charge is -2.19. The molecule has 2 aromatic rings. The van der Waals surface area contributed by atoms with E-state index in [9.17, 15) is 13.9 Å². The van der Waals surface area contributed by atoms with Crippen LogP contribution in [-0.4, -0.2) is 5.11 Å². The lowest BCUT2D eigenvalue weighted by Crippen LogP contribution is -2.05. The molecule has 0 unspecified atom stereocenters. The minimum absolute atomic E-state index is 0.0624. The second-order valence-corrected chi connectivity index (χ2v) is 5.10. The van der Waals surface area contributed by atoms with Gasteiger partial charge in [-0.25, -0.2) is 8.78 Å². The van der Waals surface area contributed by atoms with Gasteiger partial charge in [-0.1, -0.05) is 29.8 Å². The highest BCUT2D eigenvalue weighted by Crippen LogP contribution is 2.35. The standard InChI is InChI=1S/C17H14F2O/c1-10-5-6-13-11(7-10)3-2-4-14(13)17-15(18)8-12(20)9-16(17)19/h4-9,20H,2-3H2,1H3. The molecule has 102 valence electrons. The third kappa shape index (κ3) is 2.09. The summed E-state index contributed by atoms with van der Waals surface area (Å²) < 4.78 is 28.1. The molecular weight excluding hydrogens is 258 g/mol. The first kappa shape index (κ1) is 12.9. The quantitative estimate of drug-likeness (QED) is 0.818. The smallest absolute Gasteiger partial charge is 0.137 e. The first-order chi connectivity index (χ1) is 9.56. The van der Waals surface area contributed by atoms with Gasteiger partial charge in [0.2, 0.25) is 0 Å². The van der Waals surface area contributed by atoms with Gasteiger partial charge in [0.15, 0.2) is 0 Å². The minimum Gasteiger partial charge on any atom is -0.508 e. The number of hydrogen-bond acceptors (Lipinski definition) is 1. The summed E-state index contributed by atoms with van der Waals surface area (Å²) in [5.74, 6) is -1.87. The predicted molar refractivity (Wildman–Crippen MR) is 74.6 cm³/mol. The molecule has 0 radical (unpaired) electrons. The van der Waals surface area contributed by atoms with Gasteiger partial charge in [-0.3, -0.25) is 0 Å². The van der Waals surface area contributed by atoms with Crippen molar-refractivity contribution in [1.29, 1.82) is 0 Å². The molecule has 0 spiro atoms. The van der Waals surface area contributed by atoms with Gasteiger partial charge in [0.05, 0.1) is 5.56 Å². The molecule has 1 aliphatic carbocycles. The van der Waals surface area contributed by atoms with Gasteiger partial charge in [-0.2, -0.15) is 0 Å². The average molecular weight is 272 g/mol. The molecule has 0 fully saturated rings. The van der Waals surface area contributed by atoms with Crippen LogP contribution in [0.15, 0.2) is 36.4 Å². The number of benzene rings is 2. The van der Waals surface area contributed by atoms with Crippen LogP contribution in [0.2, 0.25) is 0 Å². The Bertz CT molecular complexity index is 694. The summed E-state index contributed by atoms with van der Waals surface area (Å²) in [6, 6.07) is 7.79. The number of allylic oxidation sites excluding steroid dienone is 1. The van der Waals surface area contributed by atoms with Gasteiger partial charge < -0.3 is 5.11 Å². The molecule has 1 N–H and O–H groups in total. The van der Waals surface area contributed by atoms with Crippen LogP contribution in [0.1, 0.15) is 28.7 Å². The van der Waals surface area contributed by atoms with Gasteiger partial charge in [0.1, 0.15) is 17.4 Å². The van der Waals surface area contributed by atoms with E-state index in [0.717, 1.165) is 41.7 Å². The van der Waals surface area contributed by atoms with Crippen LogP contribution in [0.5, 0.6) is 5.75 Å². The van der Waals surface area contributed by atoms with Crippen LogP contribution in [0, 0.1) is 18.6 Å². The molecule has 0 saturated heterocycles. The molecule has 1 nitrogen and oxygen atoms in total. The lowest BCUT2D eigenvalue weighted by atomic mass is 9.85. The van der Waals surface area contributed by atoms with Gasteiger partial charge in [-0.05, 0) is 36.5 Å². The van der Waals surface area contributed by atoms with Crippen molar-refractivity contribution in [2.75, 3.05) is 0 Å². The van der Waals surface area contributed by atoms with Crippen molar-refractivity contribution in [2.45, 2.75) is 19.8 Å². The monoisotopic (exact) mass is 272 g/mol. The maximum atomic E-state index is 14.0. The zero-order chi connectivity index (χ0) is 14.3. The van der Waals surface area contributed by atoms with Crippen LogP contribution >= 0.6 is 0 Å². The molecule has 0 aromatic heterocycles. The summed E-state index contributed by atoms with van der Waals surface area (Å²) >= 11 is 0. The van der Waals surface area contributed by atoms with Gasteiger partial charge >= 0.3 is 0 Å². The Balaban J connectivity index is 2.20. The second-order valence-electron chi connectivity index (χ2n) is 5.10. The van der Waals surface area contributed by atoms with Crippen LogP contribution in [0.25, 0.3) is 5.57 Å². The van der Waals surface area contributed by atoms with E-state index in [0.29, 0.717) is 5.57 Å². The number of phenolic OH excluding ortho intramolecular Hbond substituents is 1. The van der Waals surface area contributed by atoms with E-state index in [2.05, 4.69) is 6.07 Å². The van der Waals surface area contributed by atoms with E-state index in [1.165, 1.54) is 0 Å². The summed E-state index contributed by atoms with van der Waals surface area (Å²) in [5, 5.41) is 9.25. The molecule has 3 heteroatoms. The van der Waals surface area contributed by atoms with E-state index >= 15 is 0 Å². The fourth-order valence-electron chi connectivity index (χ4n) is 2.73. The fourth-order valence-corrected chi connectivity index (χ4v) is 2.73. The molecule has 3 rings (SSSR count). The normalized spacial score (nSPS) is 13.8. The SMILES string of the molecule is Cc1ccc2c(c1)CCC=C2c1c(F)cc(O)cc1F. The number of aromatic hydroxyl groups is 1. The zero-order valence-corrected chi connectivity index (χ0v) is 11.1. The topological polar surface area (TPSA) is 20.2 Å². The summed E-state index contributed by atoms with van der Waals surface area (Å²) in [6.45, 7) is 2.00. The Kier molecular flexibility index (Phi) is 3.05. The Morgan fingerprint density at radius 2 is 1.75 bits per heavy atom. The molecule has 1 aliphatic rings. The summed E-state index contributed by atoms with van der Waals surface area (Å²) in [6.07, 6.45) is 3.49. The maximum Gasteiger partial charge on any atom is 0.137 e. The molecule has 0 saturated carbocycles. The molecule has 20 heavy (non-hydrogen) atoms. The van der Waals surface area contributed by atoms with Crippen molar-refractivity contribution in [3.8, 4) is 5.75 Å². The van der Waals surface area contributed by atoms with Crippen molar-refractivity contribution in [2.24, 2.45) is 0 Å². The molecule has 0 atom stereocenters. The minimum atomic E-state index is -0.734. The summed E-state index contributed by atoms with van der Waals surface area (Å²) in [7, 11) is 0. The highest BCUT2D eigenvalue weighted by Gasteiger charge is 2.21. The number of fused-ring (bicyclic) bond motifs is 1. The van der Waals surface area contributed by atoms with Crippen LogP contribution < -0.4 is 0 Å². The molecule has 0 aliphatic heterocycles. The lowest BCUT2D eigenvalue weighted by molar-refractivity contribution is 0.459. The summed E-state index contributed by atoms with van der Waals surface area (Å²) in [4.78, 5) is 0. The molecule has 0 bridgehead atoms. The van der Waals surface area contributed by atoms with Crippen LogP contribution in [0.4, 0.5) is 8.78 Å². The Morgan fingerprint density at radius 3 is 2.45 bits per heavy atom. The number of halogens is 2. The molecule has 0 heterocycles. The Morgan fingerprint density at radius 1 is 1.05 bits per heavy atom. The first-order valence-corrected chi connectivity index (χ1v) is 6.54. The third-order valence-corrected chi connectivity index (χ3v) is 3.61. The van der Waals surface area contributed by atoms with Crippen molar-refractivity contribution in [3.63, 3.8) is 0 Å². The highest BCUT2D eigenvalue weighted by molar-refractivity contribution is 5.83. The van der Waals surface area contributed by atoms with E-state index < -0.39 is 17.4 Å². The summed E-state index contributed by atoms with van der Waals surface area (Å²) in [5.41, 5.74) is 3.62. The predicted octanol–water partition coefficient (Wildman–Crippen LogP) is 4.36. The maximum absolute atomic E-state index is 14.0. The number of aryl methyl sites for hydroxylation is 2. The molecule has 2 aromatic carbocycles. The zero-order valence-electron chi connectivity index (χ0n) is 11.1. The van der Waals surface area contributed by atoms with Crippen LogP contribution in [0.3, 0.4) is 0 Å². The van der Waals surface area contributed by atoms with Crippen LogP contribution in [-0.2, 0) is 6.42 Å².